The molecule has 0 amide bonds. The smallest absolute Gasteiger partial charge is 0.134 e. The zero-order valence-electron chi connectivity index (χ0n) is 10.9. The molecular formula is C16H13FINO. The van der Waals surface area contributed by atoms with E-state index in [1.165, 1.54) is 12.1 Å². The fourth-order valence-electron chi connectivity index (χ4n) is 2.33. The number of nitrogens with one attached hydrogen (secondary N) is 1. The van der Waals surface area contributed by atoms with Crippen LogP contribution >= 0.6 is 22.6 Å². The molecule has 1 N–H and O–H groups in total. The van der Waals surface area contributed by atoms with Gasteiger partial charge in [-0.05, 0) is 59.5 Å². The summed E-state index contributed by atoms with van der Waals surface area (Å²) in [5.41, 5.74) is 1.87. The van der Waals surface area contributed by atoms with Crippen molar-refractivity contribution in [2.24, 2.45) is 0 Å². The second kappa shape index (κ2) is 5.54. The van der Waals surface area contributed by atoms with Crippen LogP contribution in [0.2, 0.25) is 0 Å². The van der Waals surface area contributed by atoms with E-state index in [-0.39, 0.29) is 11.9 Å². The van der Waals surface area contributed by atoms with Crippen LogP contribution in [-0.2, 0) is 0 Å². The van der Waals surface area contributed by atoms with Gasteiger partial charge in [-0.3, -0.25) is 0 Å². The summed E-state index contributed by atoms with van der Waals surface area (Å²) in [4.78, 5) is 0. The zero-order valence-corrected chi connectivity index (χ0v) is 13.0. The first-order valence-electron chi connectivity index (χ1n) is 6.29. The van der Waals surface area contributed by atoms with Crippen molar-refractivity contribution in [3.05, 3.63) is 69.2 Å². The number of halogens is 2. The molecule has 0 fully saturated rings. The van der Waals surface area contributed by atoms with Gasteiger partial charge in [0.25, 0.3) is 0 Å². The minimum atomic E-state index is -0.224. The van der Waals surface area contributed by atoms with Gasteiger partial charge in [0, 0.05) is 8.96 Å². The van der Waals surface area contributed by atoms with E-state index in [0.717, 1.165) is 25.9 Å². The number of benzene rings is 2. The molecule has 4 heteroatoms. The van der Waals surface area contributed by atoms with Gasteiger partial charge in [0.05, 0.1) is 6.04 Å². The predicted molar refractivity (Wildman–Crippen MR) is 86.2 cm³/mol. The summed E-state index contributed by atoms with van der Waals surface area (Å²) in [6, 6.07) is 14.6. The van der Waals surface area contributed by atoms with Gasteiger partial charge < -0.3 is 9.73 Å². The van der Waals surface area contributed by atoms with Crippen LogP contribution in [0, 0.1) is 9.39 Å². The van der Waals surface area contributed by atoms with E-state index in [2.05, 4.69) is 27.9 Å². The molecule has 0 aliphatic heterocycles. The van der Waals surface area contributed by atoms with Crippen LogP contribution in [0.4, 0.5) is 4.39 Å². The molecule has 2 aromatic carbocycles. The van der Waals surface area contributed by atoms with Gasteiger partial charge >= 0.3 is 0 Å². The summed E-state index contributed by atoms with van der Waals surface area (Å²) in [6.07, 6.45) is 0. The van der Waals surface area contributed by atoms with E-state index in [4.69, 9.17) is 4.42 Å². The molecule has 20 heavy (non-hydrogen) atoms. The maximum atomic E-state index is 13.2. The summed E-state index contributed by atoms with van der Waals surface area (Å²) in [6.45, 7) is 0. The lowest BCUT2D eigenvalue weighted by Crippen LogP contribution is -2.18. The van der Waals surface area contributed by atoms with Crippen LogP contribution in [0.5, 0.6) is 0 Å². The SMILES string of the molecule is CNC(c1cc2ccccc2o1)c1ccc(F)cc1I. The second-order valence-corrected chi connectivity index (χ2v) is 5.74. The van der Waals surface area contributed by atoms with Crippen molar-refractivity contribution in [2.45, 2.75) is 6.04 Å². The number of para-hydroxylation sites is 1. The summed E-state index contributed by atoms with van der Waals surface area (Å²) in [5, 5.41) is 4.30. The first-order valence-corrected chi connectivity index (χ1v) is 7.37. The Morgan fingerprint density at radius 3 is 2.65 bits per heavy atom. The molecule has 0 aliphatic rings. The Balaban J connectivity index is 2.08. The molecule has 1 unspecified atom stereocenters. The van der Waals surface area contributed by atoms with Crippen LogP contribution < -0.4 is 5.32 Å². The minimum absolute atomic E-state index is 0.0881. The zero-order chi connectivity index (χ0) is 14.1. The van der Waals surface area contributed by atoms with Gasteiger partial charge in [-0.15, -0.1) is 0 Å². The standard InChI is InChI=1S/C16H13FINO/c1-19-16(12-7-6-11(17)9-13(12)18)15-8-10-4-2-3-5-14(10)20-15/h2-9,16,19H,1H3. The number of rotatable bonds is 3. The number of furan rings is 1. The highest BCUT2D eigenvalue weighted by atomic mass is 127. The van der Waals surface area contributed by atoms with Crippen LogP contribution in [0.1, 0.15) is 17.4 Å². The fourth-order valence-corrected chi connectivity index (χ4v) is 3.12. The summed E-state index contributed by atoms with van der Waals surface area (Å²) in [5.74, 6) is 0.607. The van der Waals surface area contributed by atoms with E-state index in [1.54, 1.807) is 6.07 Å². The first-order chi connectivity index (χ1) is 9.69. The molecule has 0 spiro atoms. The number of hydrogen-bond donors (Lipinski definition) is 1. The van der Waals surface area contributed by atoms with Gasteiger partial charge in [0.15, 0.2) is 0 Å². The molecule has 3 aromatic rings. The van der Waals surface area contributed by atoms with Crippen molar-refractivity contribution in [3.8, 4) is 0 Å². The summed E-state index contributed by atoms with van der Waals surface area (Å²) in [7, 11) is 1.87. The monoisotopic (exact) mass is 381 g/mol. The highest BCUT2D eigenvalue weighted by molar-refractivity contribution is 14.1. The van der Waals surface area contributed by atoms with E-state index < -0.39 is 0 Å². The van der Waals surface area contributed by atoms with Crippen molar-refractivity contribution in [2.75, 3.05) is 7.05 Å². The first kappa shape index (κ1) is 13.6. The van der Waals surface area contributed by atoms with Crippen molar-refractivity contribution in [1.29, 1.82) is 0 Å². The van der Waals surface area contributed by atoms with Gasteiger partial charge in [-0.25, -0.2) is 4.39 Å². The molecule has 0 aliphatic carbocycles. The van der Waals surface area contributed by atoms with Gasteiger partial charge in [-0.1, -0.05) is 24.3 Å². The Labute approximate surface area is 130 Å². The Morgan fingerprint density at radius 2 is 1.95 bits per heavy atom. The third kappa shape index (κ3) is 2.45. The van der Waals surface area contributed by atoms with Crippen molar-refractivity contribution in [1.82, 2.24) is 5.32 Å². The molecule has 1 aromatic heterocycles. The van der Waals surface area contributed by atoms with Crippen LogP contribution in [0.3, 0.4) is 0 Å². The topological polar surface area (TPSA) is 25.2 Å². The molecule has 3 rings (SSSR count). The van der Waals surface area contributed by atoms with Gasteiger partial charge in [-0.2, -0.15) is 0 Å². The second-order valence-electron chi connectivity index (χ2n) is 4.57. The number of hydrogen-bond acceptors (Lipinski definition) is 2. The van der Waals surface area contributed by atoms with Crippen molar-refractivity contribution >= 4 is 33.6 Å². The highest BCUT2D eigenvalue weighted by Crippen LogP contribution is 2.30. The minimum Gasteiger partial charge on any atom is -0.459 e. The average Bonchev–Trinajstić information content (AvgIpc) is 2.85. The van der Waals surface area contributed by atoms with E-state index in [0.29, 0.717) is 0 Å². The lowest BCUT2D eigenvalue weighted by atomic mass is 10.0. The normalized spacial score (nSPS) is 12.8. The molecule has 0 saturated heterocycles. The van der Waals surface area contributed by atoms with Crippen molar-refractivity contribution in [3.63, 3.8) is 0 Å². The van der Waals surface area contributed by atoms with Gasteiger partial charge in [0.2, 0.25) is 0 Å². The Bertz CT molecular complexity index is 720. The largest absolute Gasteiger partial charge is 0.459 e. The molecule has 1 heterocycles. The molecule has 0 bridgehead atoms. The molecule has 0 saturated carbocycles. The molecule has 1 atom stereocenters. The molecule has 2 nitrogen and oxygen atoms in total. The maximum absolute atomic E-state index is 13.2. The van der Waals surface area contributed by atoms with Crippen LogP contribution in [0.25, 0.3) is 11.0 Å². The molecule has 0 radical (unpaired) electrons. The Morgan fingerprint density at radius 1 is 1.15 bits per heavy atom. The third-order valence-corrected chi connectivity index (χ3v) is 4.23. The summed E-state index contributed by atoms with van der Waals surface area (Å²) >= 11 is 2.15. The van der Waals surface area contributed by atoms with Crippen LogP contribution in [0.15, 0.2) is 52.9 Å². The van der Waals surface area contributed by atoms with Crippen LogP contribution in [-0.4, -0.2) is 7.05 Å². The highest BCUT2D eigenvalue weighted by Gasteiger charge is 2.19. The third-order valence-electron chi connectivity index (χ3n) is 3.29. The Kier molecular flexibility index (Phi) is 3.76. The molecular weight excluding hydrogens is 368 g/mol. The lowest BCUT2D eigenvalue weighted by molar-refractivity contribution is 0.490. The fraction of sp³-hybridized carbons (Fsp3) is 0.125. The Hall–Kier alpha value is -1.40. The quantitative estimate of drug-likeness (QED) is 0.677. The van der Waals surface area contributed by atoms with E-state index in [9.17, 15) is 4.39 Å². The maximum Gasteiger partial charge on any atom is 0.134 e. The predicted octanol–water partition coefficient (Wildman–Crippen LogP) is 4.49. The van der Waals surface area contributed by atoms with Crippen molar-refractivity contribution < 1.29 is 8.81 Å². The number of fused-ring (bicyclic) bond motifs is 1. The van der Waals surface area contributed by atoms with E-state index in [1.807, 2.05) is 37.4 Å². The lowest BCUT2D eigenvalue weighted by Gasteiger charge is -2.15. The van der Waals surface area contributed by atoms with E-state index >= 15 is 0 Å². The molecule has 102 valence electrons. The summed E-state index contributed by atoms with van der Waals surface area (Å²) < 4.78 is 20.0. The van der Waals surface area contributed by atoms with Gasteiger partial charge in [0.1, 0.15) is 17.2 Å². The average molecular weight is 381 g/mol.